The van der Waals surface area contributed by atoms with Gasteiger partial charge < -0.3 is 15.0 Å². The van der Waals surface area contributed by atoms with E-state index in [9.17, 15) is 9.18 Å². The molecule has 1 saturated heterocycles. The Labute approximate surface area is 160 Å². The Morgan fingerprint density at radius 3 is 2.41 bits per heavy atom. The van der Waals surface area contributed by atoms with Gasteiger partial charge in [-0.1, -0.05) is 30.3 Å². The van der Waals surface area contributed by atoms with Gasteiger partial charge in [0.1, 0.15) is 11.4 Å². The van der Waals surface area contributed by atoms with Gasteiger partial charge in [0.05, 0.1) is 6.61 Å². The van der Waals surface area contributed by atoms with Crippen LogP contribution in [0.3, 0.4) is 0 Å². The largest absolute Gasteiger partial charge is 0.464 e. The first kappa shape index (κ1) is 19.4. The molecule has 1 fully saturated rings. The van der Waals surface area contributed by atoms with Crippen molar-refractivity contribution in [3.05, 3.63) is 66.0 Å². The Kier molecular flexibility index (Phi) is 6.45. The third kappa shape index (κ3) is 5.07. The lowest BCUT2D eigenvalue weighted by atomic mass is 9.86. The summed E-state index contributed by atoms with van der Waals surface area (Å²) in [7, 11) is 0. The molecule has 0 aliphatic carbocycles. The SMILES string of the molecule is CCOC(=O)C1(Nc2ccc(F)cc2)CCN(CCc2ccccc2)CC1. The standard InChI is InChI=1S/C22H27FN2O2/c1-2-27-21(26)22(24-20-10-8-19(23)9-11-20)13-16-25(17-14-22)15-12-18-6-4-3-5-7-18/h3-11,24H,2,12-17H2,1H3. The number of hydrogen-bond acceptors (Lipinski definition) is 4. The molecule has 0 saturated carbocycles. The average Bonchev–Trinajstić information content (AvgIpc) is 2.70. The van der Waals surface area contributed by atoms with Gasteiger partial charge in [-0.05, 0) is 56.0 Å². The molecule has 2 aromatic rings. The fourth-order valence-electron chi connectivity index (χ4n) is 3.55. The highest BCUT2D eigenvalue weighted by Gasteiger charge is 2.42. The van der Waals surface area contributed by atoms with E-state index >= 15 is 0 Å². The summed E-state index contributed by atoms with van der Waals surface area (Å²) in [6.45, 7) is 4.78. The molecule has 144 valence electrons. The number of carbonyl (C=O) groups is 1. The summed E-state index contributed by atoms with van der Waals surface area (Å²) < 4.78 is 18.5. The summed E-state index contributed by atoms with van der Waals surface area (Å²) in [5.74, 6) is -0.515. The first-order valence-electron chi connectivity index (χ1n) is 9.58. The van der Waals surface area contributed by atoms with Crippen molar-refractivity contribution in [1.29, 1.82) is 0 Å². The smallest absolute Gasteiger partial charge is 0.331 e. The van der Waals surface area contributed by atoms with E-state index in [4.69, 9.17) is 4.74 Å². The van der Waals surface area contributed by atoms with Crippen LogP contribution in [0.5, 0.6) is 0 Å². The minimum absolute atomic E-state index is 0.225. The van der Waals surface area contributed by atoms with E-state index in [2.05, 4.69) is 34.5 Å². The fraction of sp³-hybridized carbons (Fsp3) is 0.409. The molecule has 4 nitrogen and oxygen atoms in total. The minimum atomic E-state index is -0.753. The van der Waals surface area contributed by atoms with Crippen LogP contribution < -0.4 is 5.32 Å². The van der Waals surface area contributed by atoms with Crippen LogP contribution in [0, 0.1) is 5.82 Å². The molecule has 5 heteroatoms. The van der Waals surface area contributed by atoms with Crippen LogP contribution in [-0.4, -0.2) is 42.6 Å². The zero-order chi connectivity index (χ0) is 19.1. The summed E-state index contributed by atoms with van der Waals surface area (Å²) in [6.07, 6.45) is 2.33. The van der Waals surface area contributed by atoms with E-state index in [1.807, 2.05) is 13.0 Å². The highest BCUT2D eigenvalue weighted by atomic mass is 19.1. The van der Waals surface area contributed by atoms with E-state index in [0.29, 0.717) is 19.4 Å². The van der Waals surface area contributed by atoms with Crippen LogP contribution in [0.15, 0.2) is 54.6 Å². The number of halogens is 1. The van der Waals surface area contributed by atoms with Crippen LogP contribution in [0.2, 0.25) is 0 Å². The number of rotatable bonds is 7. The Bertz CT molecular complexity index is 726. The topological polar surface area (TPSA) is 41.6 Å². The molecule has 1 aliphatic heterocycles. The normalized spacial score (nSPS) is 16.7. The van der Waals surface area contributed by atoms with Crippen LogP contribution in [0.4, 0.5) is 10.1 Å². The van der Waals surface area contributed by atoms with E-state index < -0.39 is 5.54 Å². The van der Waals surface area contributed by atoms with Crippen molar-refractivity contribution in [1.82, 2.24) is 4.90 Å². The first-order chi connectivity index (χ1) is 13.1. The molecule has 0 atom stereocenters. The number of piperidine rings is 1. The number of esters is 1. The number of carbonyl (C=O) groups excluding carboxylic acids is 1. The molecular weight excluding hydrogens is 343 g/mol. The van der Waals surface area contributed by atoms with Gasteiger partial charge in [-0.25, -0.2) is 9.18 Å². The summed E-state index contributed by atoms with van der Waals surface area (Å²) >= 11 is 0. The van der Waals surface area contributed by atoms with Crippen molar-refractivity contribution in [2.75, 3.05) is 31.6 Å². The third-order valence-corrected chi connectivity index (χ3v) is 5.16. The lowest BCUT2D eigenvalue weighted by Crippen LogP contribution is -2.55. The second kappa shape index (κ2) is 9.00. The Morgan fingerprint density at radius 2 is 1.78 bits per heavy atom. The lowest BCUT2D eigenvalue weighted by Gasteiger charge is -2.41. The number of likely N-dealkylation sites (tertiary alicyclic amines) is 1. The molecule has 1 heterocycles. The molecule has 2 aromatic carbocycles. The number of nitrogens with zero attached hydrogens (tertiary/aromatic N) is 1. The first-order valence-corrected chi connectivity index (χ1v) is 9.58. The van der Waals surface area contributed by atoms with Gasteiger partial charge in [0.15, 0.2) is 0 Å². The van der Waals surface area contributed by atoms with E-state index in [0.717, 1.165) is 31.7 Å². The number of anilines is 1. The molecule has 0 bridgehead atoms. The lowest BCUT2D eigenvalue weighted by molar-refractivity contribution is -0.150. The second-order valence-corrected chi connectivity index (χ2v) is 7.01. The molecule has 0 amide bonds. The molecule has 0 spiro atoms. The van der Waals surface area contributed by atoms with Gasteiger partial charge in [-0.15, -0.1) is 0 Å². The quantitative estimate of drug-likeness (QED) is 0.751. The Balaban J connectivity index is 1.63. The number of hydrogen-bond donors (Lipinski definition) is 1. The minimum Gasteiger partial charge on any atom is -0.464 e. The summed E-state index contributed by atoms with van der Waals surface area (Å²) in [5.41, 5.74) is 1.31. The van der Waals surface area contributed by atoms with Crippen LogP contribution in [0.1, 0.15) is 25.3 Å². The number of benzene rings is 2. The monoisotopic (exact) mass is 370 g/mol. The third-order valence-electron chi connectivity index (χ3n) is 5.16. The fourth-order valence-corrected chi connectivity index (χ4v) is 3.55. The molecule has 1 N–H and O–H groups in total. The number of nitrogens with one attached hydrogen (secondary N) is 1. The molecule has 27 heavy (non-hydrogen) atoms. The molecule has 0 radical (unpaired) electrons. The second-order valence-electron chi connectivity index (χ2n) is 7.01. The van der Waals surface area contributed by atoms with E-state index in [1.54, 1.807) is 12.1 Å². The van der Waals surface area contributed by atoms with Crippen molar-refractivity contribution in [2.24, 2.45) is 0 Å². The number of ether oxygens (including phenoxy) is 1. The van der Waals surface area contributed by atoms with Gasteiger partial charge in [0, 0.05) is 25.3 Å². The summed E-state index contributed by atoms with van der Waals surface area (Å²) in [6, 6.07) is 16.6. The van der Waals surface area contributed by atoms with Crippen molar-refractivity contribution in [2.45, 2.75) is 31.7 Å². The molecule has 3 rings (SSSR count). The molecule has 0 unspecified atom stereocenters. The van der Waals surface area contributed by atoms with Gasteiger partial charge in [0.2, 0.25) is 0 Å². The van der Waals surface area contributed by atoms with E-state index in [-0.39, 0.29) is 11.8 Å². The summed E-state index contributed by atoms with van der Waals surface area (Å²) in [5, 5.41) is 3.33. The average molecular weight is 370 g/mol. The van der Waals surface area contributed by atoms with Gasteiger partial charge in [-0.3, -0.25) is 0 Å². The predicted octanol–water partition coefficient (Wildman–Crippen LogP) is 3.88. The zero-order valence-electron chi connectivity index (χ0n) is 15.8. The van der Waals surface area contributed by atoms with E-state index in [1.165, 1.54) is 17.7 Å². The summed E-state index contributed by atoms with van der Waals surface area (Å²) in [4.78, 5) is 15.1. The van der Waals surface area contributed by atoms with Crippen molar-refractivity contribution >= 4 is 11.7 Å². The van der Waals surface area contributed by atoms with Crippen molar-refractivity contribution in [3.8, 4) is 0 Å². The molecule has 0 aromatic heterocycles. The van der Waals surface area contributed by atoms with Gasteiger partial charge >= 0.3 is 5.97 Å². The maximum absolute atomic E-state index is 13.2. The predicted molar refractivity (Wildman–Crippen MR) is 105 cm³/mol. The maximum Gasteiger partial charge on any atom is 0.331 e. The van der Waals surface area contributed by atoms with Crippen LogP contribution in [-0.2, 0) is 16.0 Å². The maximum atomic E-state index is 13.2. The Hall–Kier alpha value is -2.40. The molecular formula is C22H27FN2O2. The van der Waals surface area contributed by atoms with Gasteiger partial charge in [0.25, 0.3) is 0 Å². The highest BCUT2D eigenvalue weighted by Crippen LogP contribution is 2.29. The van der Waals surface area contributed by atoms with Crippen LogP contribution in [0.25, 0.3) is 0 Å². The van der Waals surface area contributed by atoms with Crippen molar-refractivity contribution in [3.63, 3.8) is 0 Å². The Morgan fingerprint density at radius 1 is 1.11 bits per heavy atom. The van der Waals surface area contributed by atoms with Gasteiger partial charge in [-0.2, -0.15) is 0 Å². The van der Waals surface area contributed by atoms with Crippen molar-refractivity contribution < 1.29 is 13.9 Å². The highest BCUT2D eigenvalue weighted by molar-refractivity contribution is 5.84. The van der Waals surface area contributed by atoms with Crippen LogP contribution >= 0.6 is 0 Å². The zero-order valence-corrected chi connectivity index (χ0v) is 15.8. The molecule has 1 aliphatic rings.